The summed E-state index contributed by atoms with van der Waals surface area (Å²) in [6, 6.07) is 7.13. The van der Waals surface area contributed by atoms with Crippen LogP contribution in [0.15, 0.2) is 24.3 Å². The van der Waals surface area contributed by atoms with Crippen LogP contribution in [0.25, 0.3) is 0 Å². The van der Waals surface area contributed by atoms with Crippen molar-refractivity contribution < 1.29 is 19.0 Å². The van der Waals surface area contributed by atoms with Crippen LogP contribution in [0.3, 0.4) is 0 Å². The molecule has 0 aliphatic carbocycles. The second-order valence-corrected chi connectivity index (χ2v) is 4.90. The molecular weight excluding hydrogens is 300 g/mol. The molecule has 1 saturated heterocycles. The second kappa shape index (κ2) is 6.31. The minimum Gasteiger partial charge on any atom is -0.462 e. The Morgan fingerprint density at radius 1 is 1.56 bits per heavy atom. The number of esters is 1. The first-order chi connectivity index (χ1) is 8.70. The molecule has 5 heteroatoms. The Kier molecular flexibility index (Phi) is 4.74. The molecule has 0 saturated carbocycles. The molecule has 1 fully saturated rings. The van der Waals surface area contributed by atoms with Crippen molar-refractivity contribution in [2.75, 3.05) is 13.2 Å². The summed E-state index contributed by atoms with van der Waals surface area (Å²) in [5, 5.41) is -0.0116. The van der Waals surface area contributed by atoms with E-state index in [1.807, 2.05) is 6.07 Å². The average Bonchev–Trinajstić information content (AvgIpc) is 2.39. The third kappa shape index (κ3) is 3.31. The number of halogens is 1. The highest BCUT2D eigenvalue weighted by Gasteiger charge is 2.23. The Hall–Kier alpha value is -0.910. The van der Waals surface area contributed by atoms with Crippen LogP contribution in [-0.2, 0) is 14.2 Å². The van der Waals surface area contributed by atoms with Gasteiger partial charge in [0.15, 0.2) is 6.29 Å². The van der Waals surface area contributed by atoms with E-state index in [0.717, 1.165) is 12.0 Å². The molecule has 2 rings (SSSR count). The van der Waals surface area contributed by atoms with Crippen LogP contribution in [0.5, 0.6) is 0 Å². The van der Waals surface area contributed by atoms with Crippen molar-refractivity contribution in [1.29, 1.82) is 0 Å². The fourth-order valence-electron chi connectivity index (χ4n) is 1.71. The predicted octanol–water partition coefficient (Wildman–Crippen LogP) is 3.02. The third-order valence-corrected chi connectivity index (χ3v) is 3.23. The summed E-state index contributed by atoms with van der Waals surface area (Å²) in [7, 11) is 0. The Bertz CT molecular complexity index is 421. The number of carbonyl (C=O) groups is 1. The topological polar surface area (TPSA) is 44.8 Å². The molecule has 0 amide bonds. The molecule has 0 aromatic heterocycles. The molecule has 98 valence electrons. The Labute approximate surface area is 114 Å². The van der Waals surface area contributed by atoms with Gasteiger partial charge < -0.3 is 14.2 Å². The zero-order valence-electron chi connectivity index (χ0n) is 10.1. The summed E-state index contributed by atoms with van der Waals surface area (Å²) in [5.41, 5.74) is 1.34. The molecule has 18 heavy (non-hydrogen) atoms. The van der Waals surface area contributed by atoms with Crippen molar-refractivity contribution >= 4 is 21.9 Å². The number of benzene rings is 1. The lowest BCUT2D eigenvalue weighted by Crippen LogP contribution is -2.22. The number of rotatable bonds is 3. The van der Waals surface area contributed by atoms with Gasteiger partial charge in [0.25, 0.3) is 0 Å². The van der Waals surface area contributed by atoms with Crippen molar-refractivity contribution in [3.63, 3.8) is 0 Å². The van der Waals surface area contributed by atoms with Crippen molar-refractivity contribution in [2.45, 2.75) is 24.6 Å². The van der Waals surface area contributed by atoms with Gasteiger partial charge in [-0.2, -0.15) is 0 Å². The van der Waals surface area contributed by atoms with Gasteiger partial charge >= 0.3 is 5.97 Å². The maximum atomic E-state index is 11.6. The lowest BCUT2D eigenvalue weighted by atomic mass is 10.1. The Morgan fingerprint density at radius 3 is 3.11 bits per heavy atom. The van der Waals surface area contributed by atoms with E-state index in [9.17, 15) is 4.79 Å². The van der Waals surface area contributed by atoms with E-state index in [1.54, 1.807) is 25.1 Å². The summed E-state index contributed by atoms with van der Waals surface area (Å²) in [4.78, 5) is 11.6. The smallest absolute Gasteiger partial charge is 0.338 e. The first kappa shape index (κ1) is 13.5. The molecule has 2 atom stereocenters. The molecule has 1 aromatic carbocycles. The molecule has 2 unspecified atom stereocenters. The Balaban J connectivity index is 2.13. The van der Waals surface area contributed by atoms with E-state index in [4.69, 9.17) is 14.2 Å². The van der Waals surface area contributed by atoms with Gasteiger partial charge in [-0.25, -0.2) is 4.79 Å². The highest BCUT2D eigenvalue weighted by atomic mass is 79.9. The van der Waals surface area contributed by atoms with Crippen molar-refractivity contribution in [3.8, 4) is 0 Å². The number of alkyl halides is 1. The molecule has 0 bridgehead atoms. The van der Waals surface area contributed by atoms with Gasteiger partial charge in [0.2, 0.25) is 0 Å². The molecule has 4 nitrogen and oxygen atoms in total. The van der Waals surface area contributed by atoms with Crippen LogP contribution < -0.4 is 0 Å². The van der Waals surface area contributed by atoms with Gasteiger partial charge in [0.05, 0.1) is 18.8 Å². The van der Waals surface area contributed by atoms with E-state index in [0.29, 0.717) is 18.8 Å². The van der Waals surface area contributed by atoms with Gasteiger partial charge in [-0.05, 0) is 19.1 Å². The first-order valence-electron chi connectivity index (χ1n) is 5.89. The van der Waals surface area contributed by atoms with Crippen LogP contribution in [0, 0.1) is 0 Å². The highest BCUT2D eigenvalue weighted by molar-refractivity contribution is 9.09. The quantitative estimate of drug-likeness (QED) is 0.635. The molecule has 0 radical (unpaired) electrons. The maximum absolute atomic E-state index is 11.6. The molecule has 0 spiro atoms. The van der Waals surface area contributed by atoms with E-state index in [2.05, 4.69) is 15.9 Å². The fraction of sp³-hybridized carbons (Fsp3) is 0.462. The van der Waals surface area contributed by atoms with Gasteiger partial charge in [-0.3, -0.25) is 0 Å². The van der Waals surface area contributed by atoms with Crippen LogP contribution in [0.1, 0.15) is 35.6 Å². The summed E-state index contributed by atoms with van der Waals surface area (Å²) < 4.78 is 16.1. The van der Waals surface area contributed by atoms with Crippen LogP contribution in [0.4, 0.5) is 0 Å². The third-order valence-electron chi connectivity index (χ3n) is 2.56. The SMILES string of the molecule is CCOC(=O)c1cccc(C2OCCC(Br)O2)c1. The first-order valence-corrected chi connectivity index (χ1v) is 6.80. The normalized spacial score (nSPS) is 23.7. The standard InChI is InChI=1S/C13H15BrO4/c1-2-16-12(15)9-4-3-5-10(8-9)13-17-7-6-11(14)18-13/h3-5,8,11,13H,2,6-7H2,1H3. The largest absolute Gasteiger partial charge is 0.462 e. The summed E-state index contributed by atoms with van der Waals surface area (Å²) in [6.45, 7) is 2.78. The van der Waals surface area contributed by atoms with Crippen LogP contribution in [-0.4, -0.2) is 24.2 Å². The lowest BCUT2D eigenvalue weighted by molar-refractivity contribution is -0.191. The molecule has 0 N–H and O–H groups in total. The predicted molar refractivity (Wildman–Crippen MR) is 69.5 cm³/mol. The van der Waals surface area contributed by atoms with E-state index >= 15 is 0 Å². The van der Waals surface area contributed by atoms with Crippen LogP contribution >= 0.6 is 15.9 Å². The molecule has 1 aromatic rings. The number of ether oxygens (including phenoxy) is 3. The number of carbonyl (C=O) groups excluding carboxylic acids is 1. The van der Waals surface area contributed by atoms with Gasteiger partial charge in [-0.15, -0.1) is 0 Å². The summed E-state index contributed by atoms with van der Waals surface area (Å²) in [5.74, 6) is -0.328. The Morgan fingerprint density at radius 2 is 2.39 bits per heavy atom. The average molecular weight is 315 g/mol. The lowest BCUT2D eigenvalue weighted by Gasteiger charge is -2.27. The van der Waals surface area contributed by atoms with E-state index < -0.39 is 6.29 Å². The molecular formula is C13H15BrO4. The minimum atomic E-state index is -0.433. The molecule has 1 heterocycles. The van der Waals surface area contributed by atoms with Crippen molar-refractivity contribution in [1.82, 2.24) is 0 Å². The molecule has 1 aliphatic heterocycles. The number of hydrogen-bond acceptors (Lipinski definition) is 4. The van der Waals surface area contributed by atoms with Gasteiger partial charge in [-0.1, -0.05) is 28.1 Å². The monoisotopic (exact) mass is 314 g/mol. The highest BCUT2D eigenvalue weighted by Crippen LogP contribution is 2.29. The maximum Gasteiger partial charge on any atom is 0.338 e. The zero-order valence-corrected chi connectivity index (χ0v) is 11.7. The zero-order chi connectivity index (χ0) is 13.0. The van der Waals surface area contributed by atoms with Gasteiger partial charge in [0, 0.05) is 12.0 Å². The minimum absolute atomic E-state index is 0.0116. The summed E-state index contributed by atoms with van der Waals surface area (Å²) in [6.07, 6.45) is 0.381. The molecule has 1 aliphatic rings. The summed E-state index contributed by atoms with van der Waals surface area (Å²) >= 11 is 3.40. The number of hydrogen-bond donors (Lipinski definition) is 0. The van der Waals surface area contributed by atoms with Crippen molar-refractivity contribution in [2.24, 2.45) is 0 Å². The van der Waals surface area contributed by atoms with E-state index in [1.165, 1.54) is 0 Å². The van der Waals surface area contributed by atoms with Gasteiger partial charge in [0.1, 0.15) is 5.01 Å². The fourth-order valence-corrected chi connectivity index (χ4v) is 2.09. The van der Waals surface area contributed by atoms with Crippen LogP contribution in [0.2, 0.25) is 0 Å². The van der Waals surface area contributed by atoms with Crippen molar-refractivity contribution in [3.05, 3.63) is 35.4 Å². The second-order valence-electron chi connectivity index (χ2n) is 3.88. The van der Waals surface area contributed by atoms with E-state index in [-0.39, 0.29) is 11.0 Å².